The summed E-state index contributed by atoms with van der Waals surface area (Å²) < 4.78 is 39.0. The van der Waals surface area contributed by atoms with Crippen LogP contribution in [0.15, 0.2) is 47.4 Å². The summed E-state index contributed by atoms with van der Waals surface area (Å²) in [7, 11) is -0.389. The van der Waals surface area contributed by atoms with Crippen LogP contribution in [-0.4, -0.2) is 67.9 Å². The molecule has 1 saturated heterocycles. The highest BCUT2D eigenvalue weighted by molar-refractivity contribution is 7.89. The van der Waals surface area contributed by atoms with Gasteiger partial charge >= 0.3 is 0 Å². The highest BCUT2D eigenvalue weighted by Crippen LogP contribution is 2.32. The molecule has 1 fully saturated rings. The highest BCUT2D eigenvalue weighted by Gasteiger charge is 2.27. The number of thiazole rings is 1. The predicted molar refractivity (Wildman–Crippen MR) is 132 cm³/mol. The predicted octanol–water partition coefficient (Wildman–Crippen LogP) is 4.02. The molecule has 4 rings (SSSR count). The minimum Gasteiger partial charge on any atom is -0.497 e. The van der Waals surface area contributed by atoms with Crippen LogP contribution in [0.5, 0.6) is 10.9 Å². The van der Waals surface area contributed by atoms with E-state index in [2.05, 4.69) is 4.98 Å². The molecule has 3 aromatic rings. The number of carbonyl (C=O) groups excluding carboxylic acids is 1. The van der Waals surface area contributed by atoms with Crippen molar-refractivity contribution in [2.45, 2.75) is 43.7 Å². The Morgan fingerprint density at radius 3 is 2.44 bits per heavy atom. The standard InChI is InChI=1S/C24H29N3O5S2/c1-16(2)26(3)34(29,30)20-8-5-17(6-9-20)23(28)27-13-11-18(12-14-27)32-24-25-21-10-7-19(31-4)15-22(21)33-24/h5-10,15-16,18H,11-14H2,1-4H3. The molecular weight excluding hydrogens is 474 g/mol. The monoisotopic (exact) mass is 503 g/mol. The summed E-state index contributed by atoms with van der Waals surface area (Å²) in [5.74, 6) is 0.679. The number of benzene rings is 2. The van der Waals surface area contributed by atoms with Crippen molar-refractivity contribution in [2.24, 2.45) is 0 Å². The fraction of sp³-hybridized carbons (Fsp3) is 0.417. The Morgan fingerprint density at radius 1 is 1.15 bits per heavy atom. The van der Waals surface area contributed by atoms with Crippen molar-refractivity contribution in [3.8, 4) is 10.9 Å². The van der Waals surface area contributed by atoms with Gasteiger partial charge in [-0.3, -0.25) is 4.79 Å². The molecule has 1 aliphatic rings. The molecular formula is C24H29N3O5S2. The first-order valence-electron chi connectivity index (χ1n) is 11.2. The van der Waals surface area contributed by atoms with E-state index in [9.17, 15) is 13.2 Å². The number of likely N-dealkylation sites (tertiary alicyclic amines) is 1. The normalized spacial score (nSPS) is 15.3. The molecule has 0 spiro atoms. The third-order valence-electron chi connectivity index (χ3n) is 6.08. The van der Waals surface area contributed by atoms with Crippen molar-refractivity contribution in [1.29, 1.82) is 0 Å². The summed E-state index contributed by atoms with van der Waals surface area (Å²) in [5.41, 5.74) is 1.35. The largest absolute Gasteiger partial charge is 0.497 e. The Hall–Kier alpha value is -2.69. The molecule has 0 atom stereocenters. The van der Waals surface area contributed by atoms with E-state index in [0.29, 0.717) is 36.7 Å². The van der Waals surface area contributed by atoms with E-state index in [1.165, 1.54) is 27.8 Å². The zero-order valence-corrected chi connectivity index (χ0v) is 21.4. The lowest BCUT2D eigenvalue weighted by molar-refractivity contribution is 0.0595. The number of nitrogens with zero attached hydrogens (tertiary/aromatic N) is 3. The summed E-state index contributed by atoms with van der Waals surface area (Å²) >= 11 is 1.48. The Labute approximate surface area is 204 Å². The van der Waals surface area contributed by atoms with Gasteiger partial charge in [0.1, 0.15) is 11.9 Å². The first kappa shape index (κ1) is 24.4. The van der Waals surface area contributed by atoms with Gasteiger partial charge in [0.25, 0.3) is 11.1 Å². The van der Waals surface area contributed by atoms with Crippen LogP contribution in [-0.2, 0) is 10.0 Å². The summed E-state index contributed by atoms with van der Waals surface area (Å²) in [4.78, 5) is 19.5. The molecule has 1 aliphatic heterocycles. The molecule has 0 radical (unpaired) electrons. The second-order valence-electron chi connectivity index (χ2n) is 8.56. The number of carbonyl (C=O) groups is 1. The minimum absolute atomic E-state index is 0.00871. The second kappa shape index (κ2) is 9.89. The number of piperidine rings is 1. The van der Waals surface area contributed by atoms with Crippen molar-refractivity contribution in [3.63, 3.8) is 0 Å². The number of hydrogen-bond donors (Lipinski definition) is 0. The van der Waals surface area contributed by atoms with Gasteiger partial charge in [0, 0.05) is 44.6 Å². The Morgan fingerprint density at radius 2 is 1.82 bits per heavy atom. The quantitative estimate of drug-likeness (QED) is 0.484. The maximum Gasteiger partial charge on any atom is 0.274 e. The summed E-state index contributed by atoms with van der Waals surface area (Å²) in [5, 5.41) is 0.621. The van der Waals surface area contributed by atoms with E-state index < -0.39 is 10.0 Å². The maximum atomic E-state index is 12.9. The Kier molecular flexibility index (Phi) is 7.11. The average molecular weight is 504 g/mol. The van der Waals surface area contributed by atoms with E-state index in [1.54, 1.807) is 31.2 Å². The molecule has 0 N–H and O–H groups in total. The van der Waals surface area contributed by atoms with Crippen molar-refractivity contribution in [3.05, 3.63) is 48.0 Å². The van der Waals surface area contributed by atoms with Crippen molar-refractivity contribution < 1.29 is 22.7 Å². The summed E-state index contributed by atoms with van der Waals surface area (Å²) in [6, 6.07) is 11.7. The fourth-order valence-corrected chi connectivity index (χ4v) is 6.05. The number of fused-ring (bicyclic) bond motifs is 1. The van der Waals surface area contributed by atoms with Gasteiger partial charge in [-0.05, 0) is 56.3 Å². The van der Waals surface area contributed by atoms with Gasteiger partial charge in [0.2, 0.25) is 10.0 Å². The van der Waals surface area contributed by atoms with Crippen LogP contribution in [0.1, 0.15) is 37.0 Å². The molecule has 0 aliphatic carbocycles. The first-order valence-corrected chi connectivity index (χ1v) is 13.4. The number of amides is 1. The summed E-state index contributed by atoms with van der Waals surface area (Å²) in [6.07, 6.45) is 1.40. The van der Waals surface area contributed by atoms with Crippen molar-refractivity contribution >= 4 is 37.5 Å². The van der Waals surface area contributed by atoms with Gasteiger partial charge < -0.3 is 14.4 Å². The average Bonchev–Trinajstić information content (AvgIpc) is 3.24. The van der Waals surface area contributed by atoms with Crippen molar-refractivity contribution in [2.75, 3.05) is 27.2 Å². The van der Waals surface area contributed by atoms with Crippen LogP contribution in [0, 0.1) is 0 Å². The van der Waals surface area contributed by atoms with E-state index in [4.69, 9.17) is 9.47 Å². The van der Waals surface area contributed by atoms with Crippen LogP contribution in [0.2, 0.25) is 0 Å². The lowest BCUT2D eigenvalue weighted by atomic mass is 10.1. The molecule has 2 aromatic carbocycles. The van der Waals surface area contributed by atoms with E-state index in [1.807, 2.05) is 32.0 Å². The Balaban J connectivity index is 1.35. The number of sulfonamides is 1. The van der Waals surface area contributed by atoms with Crippen LogP contribution in [0.3, 0.4) is 0 Å². The summed E-state index contributed by atoms with van der Waals surface area (Å²) in [6.45, 7) is 4.77. The number of aromatic nitrogens is 1. The topological polar surface area (TPSA) is 89.0 Å². The number of methoxy groups -OCH3 is 1. The zero-order chi connectivity index (χ0) is 24.5. The molecule has 8 nitrogen and oxygen atoms in total. The minimum atomic E-state index is -3.58. The molecule has 1 amide bonds. The first-order chi connectivity index (χ1) is 16.2. The van der Waals surface area contributed by atoms with Crippen molar-refractivity contribution in [1.82, 2.24) is 14.2 Å². The molecule has 0 saturated carbocycles. The third kappa shape index (κ3) is 5.03. The highest BCUT2D eigenvalue weighted by atomic mass is 32.2. The maximum absolute atomic E-state index is 12.9. The lowest BCUT2D eigenvalue weighted by Gasteiger charge is -2.31. The van der Waals surface area contributed by atoms with Crippen LogP contribution in [0.4, 0.5) is 0 Å². The van der Waals surface area contributed by atoms with Gasteiger partial charge in [0.15, 0.2) is 0 Å². The molecule has 0 unspecified atom stereocenters. The van der Waals surface area contributed by atoms with Crippen LogP contribution >= 0.6 is 11.3 Å². The zero-order valence-electron chi connectivity index (χ0n) is 19.7. The SMILES string of the molecule is COc1ccc2nc(OC3CCN(C(=O)c4ccc(S(=O)(=O)N(C)C(C)C)cc4)CC3)sc2c1. The third-order valence-corrected chi connectivity index (χ3v) is 9.03. The van der Waals surface area contributed by atoms with E-state index >= 15 is 0 Å². The molecule has 10 heteroatoms. The molecule has 1 aromatic heterocycles. The van der Waals surface area contributed by atoms with Gasteiger partial charge in [-0.2, -0.15) is 4.31 Å². The molecule has 34 heavy (non-hydrogen) atoms. The van der Waals surface area contributed by atoms with Gasteiger partial charge in [-0.15, -0.1) is 0 Å². The molecule has 0 bridgehead atoms. The Bertz CT molecular complexity index is 1260. The van der Waals surface area contributed by atoms with Gasteiger partial charge in [0.05, 0.1) is 22.2 Å². The number of rotatable bonds is 7. The van der Waals surface area contributed by atoms with Gasteiger partial charge in [-0.1, -0.05) is 11.3 Å². The van der Waals surface area contributed by atoms with Crippen LogP contribution < -0.4 is 9.47 Å². The number of ether oxygens (including phenoxy) is 2. The van der Waals surface area contributed by atoms with Gasteiger partial charge in [-0.25, -0.2) is 13.4 Å². The lowest BCUT2D eigenvalue weighted by Crippen LogP contribution is -2.41. The number of hydrogen-bond acceptors (Lipinski definition) is 7. The molecule has 2 heterocycles. The van der Waals surface area contributed by atoms with Crippen LogP contribution in [0.25, 0.3) is 10.2 Å². The fourth-order valence-electron chi connectivity index (χ4n) is 3.78. The second-order valence-corrected chi connectivity index (χ2v) is 11.6. The smallest absolute Gasteiger partial charge is 0.274 e. The van der Waals surface area contributed by atoms with E-state index in [0.717, 1.165) is 16.0 Å². The van der Waals surface area contributed by atoms with E-state index in [-0.39, 0.29) is 22.9 Å². The molecule has 182 valence electrons.